The molecule has 0 saturated carbocycles. The molecule has 0 saturated heterocycles. The third kappa shape index (κ3) is 7.03. The summed E-state index contributed by atoms with van der Waals surface area (Å²) in [4.78, 5) is 13.3. The van der Waals surface area contributed by atoms with Gasteiger partial charge in [0.2, 0.25) is 5.91 Å². The maximum Gasteiger partial charge on any atom is 0.233 e. The summed E-state index contributed by atoms with van der Waals surface area (Å²) in [7, 11) is 3.22. The zero-order valence-electron chi connectivity index (χ0n) is 16.3. The highest BCUT2D eigenvalue weighted by atomic mass is 32.2. The van der Waals surface area contributed by atoms with Crippen molar-refractivity contribution in [1.82, 2.24) is 5.32 Å². The van der Waals surface area contributed by atoms with Crippen LogP contribution in [0.5, 0.6) is 11.5 Å². The van der Waals surface area contributed by atoms with E-state index >= 15 is 0 Å². The smallest absolute Gasteiger partial charge is 0.233 e. The van der Waals surface area contributed by atoms with Gasteiger partial charge in [-0.1, -0.05) is 29.8 Å². The fraction of sp³-hybridized carbons (Fsp3) is 0.381. The van der Waals surface area contributed by atoms with Crippen LogP contribution in [0.3, 0.4) is 0 Å². The number of thioether (sulfide) groups is 2. The molecule has 27 heavy (non-hydrogen) atoms. The highest BCUT2D eigenvalue weighted by Gasteiger charge is 2.15. The van der Waals surface area contributed by atoms with Crippen LogP contribution in [0.1, 0.15) is 18.1 Å². The first-order valence-electron chi connectivity index (χ1n) is 8.83. The summed E-state index contributed by atoms with van der Waals surface area (Å²) < 4.78 is 10.6. The molecular weight excluding hydrogens is 378 g/mol. The van der Waals surface area contributed by atoms with Gasteiger partial charge in [-0.25, -0.2) is 0 Å². The minimum atomic E-state index is -0.176. The molecule has 4 nitrogen and oxygen atoms in total. The molecule has 2 rings (SSSR count). The van der Waals surface area contributed by atoms with Crippen molar-refractivity contribution < 1.29 is 14.3 Å². The lowest BCUT2D eigenvalue weighted by Crippen LogP contribution is -2.32. The highest BCUT2D eigenvalue weighted by Crippen LogP contribution is 2.33. The summed E-state index contributed by atoms with van der Waals surface area (Å²) in [6.07, 6.45) is 0. The molecule has 0 aliphatic rings. The second kappa shape index (κ2) is 11.1. The molecule has 0 aliphatic heterocycles. The molecule has 0 radical (unpaired) electrons. The third-order valence-corrected chi connectivity index (χ3v) is 6.10. The Morgan fingerprint density at radius 1 is 1.07 bits per heavy atom. The molecule has 1 N–H and O–H groups in total. The summed E-state index contributed by atoms with van der Waals surface area (Å²) in [5.74, 6) is 3.26. The van der Waals surface area contributed by atoms with Gasteiger partial charge in [0.05, 0.1) is 19.5 Å². The van der Waals surface area contributed by atoms with E-state index in [2.05, 4.69) is 36.5 Å². The van der Waals surface area contributed by atoms with Gasteiger partial charge in [-0.3, -0.25) is 4.79 Å². The fourth-order valence-electron chi connectivity index (χ4n) is 2.41. The number of amides is 1. The summed E-state index contributed by atoms with van der Waals surface area (Å²) in [6.45, 7) is 4.68. The number of methoxy groups -OCH3 is 2. The summed E-state index contributed by atoms with van der Waals surface area (Å²) in [5.41, 5.74) is 2.59. The number of rotatable bonds is 10. The van der Waals surface area contributed by atoms with Gasteiger partial charge in [0, 0.05) is 22.9 Å². The van der Waals surface area contributed by atoms with Crippen molar-refractivity contribution in [3.63, 3.8) is 0 Å². The van der Waals surface area contributed by atoms with Crippen LogP contribution in [0.25, 0.3) is 0 Å². The topological polar surface area (TPSA) is 47.6 Å². The number of aryl methyl sites for hydroxylation is 1. The molecule has 0 heterocycles. The molecule has 0 spiro atoms. The van der Waals surface area contributed by atoms with E-state index in [1.807, 2.05) is 36.9 Å². The zero-order valence-corrected chi connectivity index (χ0v) is 17.9. The Labute approximate surface area is 170 Å². The van der Waals surface area contributed by atoms with Gasteiger partial charge in [-0.2, -0.15) is 11.8 Å². The van der Waals surface area contributed by atoms with Crippen LogP contribution in [0.15, 0.2) is 47.4 Å². The van der Waals surface area contributed by atoms with Gasteiger partial charge in [0.25, 0.3) is 0 Å². The minimum absolute atomic E-state index is 0.0470. The first-order valence-corrected chi connectivity index (χ1v) is 10.9. The highest BCUT2D eigenvalue weighted by molar-refractivity contribution is 8.00. The summed E-state index contributed by atoms with van der Waals surface area (Å²) in [5, 5.41) is 2.84. The van der Waals surface area contributed by atoms with Gasteiger partial charge >= 0.3 is 0 Å². The van der Waals surface area contributed by atoms with Gasteiger partial charge in [0.1, 0.15) is 0 Å². The minimum Gasteiger partial charge on any atom is -0.493 e. The number of hydrogen-bond acceptors (Lipinski definition) is 5. The Morgan fingerprint density at radius 3 is 2.44 bits per heavy atom. The molecule has 0 bridgehead atoms. The van der Waals surface area contributed by atoms with Crippen LogP contribution >= 0.6 is 23.5 Å². The predicted octanol–water partition coefficient (Wildman–Crippen LogP) is 4.54. The van der Waals surface area contributed by atoms with E-state index in [4.69, 9.17) is 9.47 Å². The van der Waals surface area contributed by atoms with E-state index in [1.165, 1.54) is 22.9 Å². The number of benzene rings is 2. The van der Waals surface area contributed by atoms with Crippen molar-refractivity contribution in [2.24, 2.45) is 0 Å². The van der Waals surface area contributed by atoms with E-state index in [1.54, 1.807) is 14.2 Å². The predicted molar refractivity (Wildman–Crippen MR) is 115 cm³/mol. The monoisotopic (exact) mass is 405 g/mol. The average Bonchev–Trinajstić information content (AvgIpc) is 2.68. The van der Waals surface area contributed by atoms with E-state index in [9.17, 15) is 4.79 Å². The molecule has 6 heteroatoms. The van der Waals surface area contributed by atoms with Crippen molar-refractivity contribution in [3.05, 3.63) is 53.6 Å². The number of carbonyl (C=O) groups is 1. The van der Waals surface area contributed by atoms with Gasteiger partial charge in [0.15, 0.2) is 11.5 Å². The standard InChI is InChI=1S/C21H27NO3S2/c1-15-5-7-17(8-6-15)14-26-12-11-22-21(23)16(2)27-18-9-10-19(24-3)20(13-18)25-4/h5-10,13,16H,11-12,14H2,1-4H3,(H,22,23)/t16-/m0/s1. The van der Waals surface area contributed by atoms with Crippen molar-refractivity contribution in [2.45, 2.75) is 29.7 Å². The molecule has 2 aromatic rings. The van der Waals surface area contributed by atoms with Gasteiger partial charge in [-0.05, 0) is 37.6 Å². The Kier molecular flexibility index (Phi) is 8.88. The zero-order chi connectivity index (χ0) is 19.6. The quantitative estimate of drug-likeness (QED) is 0.464. The maximum atomic E-state index is 12.3. The van der Waals surface area contributed by atoms with Crippen LogP contribution in [0.2, 0.25) is 0 Å². The molecule has 1 atom stereocenters. The van der Waals surface area contributed by atoms with E-state index in [0.717, 1.165) is 16.4 Å². The van der Waals surface area contributed by atoms with Gasteiger partial charge < -0.3 is 14.8 Å². The average molecular weight is 406 g/mol. The lowest BCUT2D eigenvalue weighted by atomic mass is 10.2. The Balaban J connectivity index is 1.71. The molecule has 146 valence electrons. The normalized spacial score (nSPS) is 11.7. The number of ether oxygens (including phenoxy) is 2. The van der Waals surface area contributed by atoms with Crippen LogP contribution in [0, 0.1) is 6.92 Å². The molecule has 2 aromatic carbocycles. The molecule has 0 aliphatic carbocycles. The molecular formula is C21H27NO3S2. The SMILES string of the molecule is COc1ccc(S[C@@H](C)C(=O)NCCSCc2ccc(C)cc2)cc1OC. The van der Waals surface area contributed by atoms with E-state index in [-0.39, 0.29) is 11.2 Å². The Morgan fingerprint density at radius 2 is 1.78 bits per heavy atom. The number of nitrogens with one attached hydrogen (secondary N) is 1. The molecule has 0 aromatic heterocycles. The van der Waals surface area contributed by atoms with Crippen molar-refractivity contribution in [1.29, 1.82) is 0 Å². The van der Waals surface area contributed by atoms with Crippen molar-refractivity contribution in [2.75, 3.05) is 26.5 Å². The van der Waals surface area contributed by atoms with Crippen molar-refractivity contribution in [3.8, 4) is 11.5 Å². The first kappa shape index (κ1) is 21.5. The molecule has 0 unspecified atom stereocenters. The molecule has 1 amide bonds. The van der Waals surface area contributed by atoms with Crippen LogP contribution in [-0.2, 0) is 10.5 Å². The van der Waals surface area contributed by atoms with Crippen LogP contribution in [0.4, 0.5) is 0 Å². The van der Waals surface area contributed by atoms with E-state index < -0.39 is 0 Å². The fourth-order valence-corrected chi connectivity index (χ4v) is 4.15. The van der Waals surface area contributed by atoms with E-state index in [0.29, 0.717) is 18.0 Å². The third-order valence-electron chi connectivity index (χ3n) is 3.97. The largest absolute Gasteiger partial charge is 0.493 e. The Bertz CT molecular complexity index is 735. The van der Waals surface area contributed by atoms with Gasteiger partial charge in [-0.15, -0.1) is 11.8 Å². The van der Waals surface area contributed by atoms with Crippen LogP contribution in [-0.4, -0.2) is 37.7 Å². The number of carbonyl (C=O) groups excluding carboxylic acids is 1. The molecule has 0 fully saturated rings. The lowest BCUT2D eigenvalue weighted by molar-refractivity contribution is -0.120. The number of hydrogen-bond donors (Lipinski definition) is 1. The van der Waals surface area contributed by atoms with Crippen LogP contribution < -0.4 is 14.8 Å². The second-order valence-electron chi connectivity index (χ2n) is 6.11. The summed E-state index contributed by atoms with van der Waals surface area (Å²) >= 11 is 3.33. The maximum absolute atomic E-state index is 12.3. The second-order valence-corrected chi connectivity index (χ2v) is 8.63. The lowest BCUT2D eigenvalue weighted by Gasteiger charge is -2.14. The van der Waals surface area contributed by atoms with Crippen molar-refractivity contribution >= 4 is 29.4 Å². The summed E-state index contributed by atoms with van der Waals surface area (Å²) in [6, 6.07) is 14.3. The first-order chi connectivity index (χ1) is 13.0. The Hall–Kier alpha value is -1.79.